The molecule has 2 aromatic heterocycles. The van der Waals surface area contributed by atoms with Crippen LogP contribution in [0.4, 0.5) is 17.1 Å². The van der Waals surface area contributed by atoms with E-state index in [-0.39, 0.29) is 5.91 Å². The number of rotatable bonds is 6. The number of benzene rings is 3. The van der Waals surface area contributed by atoms with Crippen molar-refractivity contribution in [3.8, 4) is 16.9 Å². The highest BCUT2D eigenvalue weighted by atomic mass is 16.1. The van der Waals surface area contributed by atoms with Gasteiger partial charge in [0.15, 0.2) is 0 Å². The minimum Gasteiger partial charge on any atom is -0.356 e. The highest BCUT2D eigenvalue weighted by molar-refractivity contribution is 6.08. The Hall–Kier alpha value is -4.71. The Labute approximate surface area is 191 Å². The molecule has 5 aromatic rings. The first-order valence-electron chi connectivity index (χ1n) is 10.6. The zero-order chi connectivity index (χ0) is 22.5. The molecule has 160 valence electrons. The molecule has 2 N–H and O–H groups in total. The maximum Gasteiger partial charge on any atom is 0.259 e. The second kappa shape index (κ2) is 9.20. The van der Waals surface area contributed by atoms with E-state index < -0.39 is 0 Å². The minimum absolute atomic E-state index is 0.236. The topological polar surface area (TPSA) is 71.8 Å². The van der Waals surface area contributed by atoms with Gasteiger partial charge in [-0.15, -0.1) is 0 Å². The molecule has 0 radical (unpaired) electrons. The largest absolute Gasteiger partial charge is 0.356 e. The molecule has 3 aromatic carbocycles. The summed E-state index contributed by atoms with van der Waals surface area (Å²) in [5.41, 5.74) is 5.34. The fourth-order valence-corrected chi connectivity index (χ4v) is 3.49. The Morgan fingerprint density at radius 1 is 0.727 bits per heavy atom. The lowest BCUT2D eigenvalue weighted by atomic mass is 10.1. The van der Waals surface area contributed by atoms with Gasteiger partial charge in [0.05, 0.1) is 11.3 Å². The Morgan fingerprint density at radius 3 is 2.09 bits per heavy atom. The van der Waals surface area contributed by atoms with E-state index >= 15 is 0 Å². The Kier molecular flexibility index (Phi) is 5.63. The molecule has 0 aliphatic carbocycles. The summed E-state index contributed by atoms with van der Waals surface area (Å²) < 4.78 is 1.71. The van der Waals surface area contributed by atoms with Gasteiger partial charge in [-0.2, -0.15) is 5.10 Å². The van der Waals surface area contributed by atoms with Crippen LogP contribution in [0, 0.1) is 0 Å². The Bertz CT molecular complexity index is 1350. The summed E-state index contributed by atoms with van der Waals surface area (Å²) in [6.07, 6.45) is 5.15. The van der Waals surface area contributed by atoms with E-state index in [0.717, 1.165) is 22.6 Å². The van der Waals surface area contributed by atoms with E-state index in [0.29, 0.717) is 16.9 Å². The van der Waals surface area contributed by atoms with Gasteiger partial charge in [-0.1, -0.05) is 36.4 Å². The number of hydrogen-bond donors (Lipinski definition) is 2. The number of para-hydroxylation sites is 2. The first-order chi connectivity index (χ1) is 16.3. The number of pyridine rings is 1. The number of anilines is 3. The van der Waals surface area contributed by atoms with Crippen LogP contribution in [0.25, 0.3) is 16.9 Å². The first-order valence-corrected chi connectivity index (χ1v) is 10.6. The van der Waals surface area contributed by atoms with Crippen LogP contribution in [0.1, 0.15) is 10.4 Å². The van der Waals surface area contributed by atoms with E-state index in [1.165, 1.54) is 0 Å². The van der Waals surface area contributed by atoms with Gasteiger partial charge >= 0.3 is 0 Å². The Balaban J connectivity index is 1.40. The van der Waals surface area contributed by atoms with Crippen LogP contribution in [0.5, 0.6) is 0 Å². The molecule has 33 heavy (non-hydrogen) atoms. The normalized spacial score (nSPS) is 10.5. The molecule has 0 bridgehead atoms. The summed E-state index contributed by atoms with van der Waals surface area (Å²) in [6, 6.07) is 31.0. The monoisotopic (exact) mass is 431 g/mol. The van der Waals surface area contributed by atoms with Crippen LogP contribution in [-0.4, -0.2) is 20.7 Å². The number of carbonyl (C=O) groups excluding carboxylic acids is 1. The predicted octanol–water partition coefficient (Wildman–Crippen LogP) is 5.93. The lowest BCUT2D eigenvalue weighted by Gasteiger charge is -2.09. The fraction of sp³-hybridized carbons (Fsp3) is 0. The van der Waals surface area contributed by atoms with Gasteiger partial charge in [-0.25, -0.2) is 4.68 Å². The average Bonchev–Trinajstić information content (AvgIpc) is 3.33. The van der Waals surface area contributed by atoms with E-state index in [1.807, 2.05) is 97.1 Å². The van der Waals surface area contributed by atoms with Crippen molar-refractivity contribution in [3.63, 3.8) is 0 Å². The van der Waals surface area contributed by atoms with Crippen LogP contribution in [0.3, 0.4) is 0 Å². The number of carbonyl (C=O) groups is 1. The lowest BCUT2D eigenvalue weighted by Crippen LogP contribution is -2.12. The molecule has 1 amide bonds. The van der Waals surface area contributed by atoms with E-state index in [4.69, 9.17) is 0 Å². The zero-order valence-corrected chi connectivity index (χ0v) is 17.7. The summed E-state index contributed by atoms with van der Waals surface area (Å²) >= 11 is 0. The van der Waals surface area contributed by atoms with Gasteiger partial charge in [0.1, 0.15) is 5.69 Å². The van der Waals surface area contributed by atoms with Crippen molar-refractivity contribution in [2.75, 3.05) is 10.6 Å². The summed E-state index contributed by atoms with van der Waals surface area (Å²) in [6.45, 7) is 0. The van der Waals surface area contributed by atoms with Crippen LogP contribution >= 0.6 is 0 Å². The molecule has 0 spiro atoms. The average molecular weight is 431 g/mol. The maximum atomic E-state index is 13.2. The van der Waals surface area contributed by atoms with Gasteiger partial charge in [0.2, 0.25) is 0 Å². The SMILES string of the molecule is O=C(Nc1ccc(Nc2ccccc2)cc1)c1cn(-c2ccccc2)nc1-c1cccnc1. The van der Waals surface area contributed by atoms with Crippen molar-refractivity contribution in [2.45, 2.75) is 0 Å². The molecule has 2 heterocycles. The van der Waals surface area contributed by atoms with Crippen LogP contribution < -0.4 is 10.6 Å². The van der Waals surface area contributed by atoms with Gasteiger partial charge in [0, 0.05) is 41.2 Å². The van der Waals surface area contributed by atoms with Crippen LogP contribution in [0.2, 0.25) is 0 Å². The summed E-state index contributed by atoms with van der Waals surface area (Å²) in [5, 5.41) is 11.0. The molecule has 0 saturated heterocycles. The highest BCUT2D eigenvalue weighted by Gasteiger charge is 2.19. The second-order valence-corrected chi connectivity index (χ2v) is 7.44. The molecule has 0 unspecified atom stereocenters. The smallest absolute Gasteiger partial charge is 0.259 e. The molecule has 0 fully saturated rings. The fourth-order valence-electron chi connectivity index (χ4n) is 3.49. The number of nitrogens with one attached hydrogen (secondary N) is 2. The number of aromatic nitrogens is 3. The molecule has 0 aliphatic heterocycles. The number of hydrogen-bond acceptors (Lipinski definition) is 4. The first kappa shape index (κ1) is 20.2. The van der Waals surface area contributed by atoms with Crippen molar-refractivity contribution in [1.29, 1.82) is 0 Å². The zero-order valence-electron chi connectivity index (χ0n) is 17.7. The molecule has 6 heteroatoms. The second-order valence-electron chi connectivity index (χ2n) is 7.44. The summed E-state index contributed by atoms with van der Waals surface area (Å²) in [4.78, 5) is 17.4. The van der Waals surface area contributed by atoms with Crippen molar-refractivity contribution < 1.29 is 4.79 Å². The van der Waals surface area contributed by atoms with Crippen molar-refractivity contribution >= 4 is 23.0 Å². The molecule has 0 saturated carbocycles. The highest BCUT2D eigenvalue weighted by Crippen LogP contribution is 2.25. The van der Waals surface area contributed by atoms with Gasteiger partial charge in [-0.05, 0) is 60.7 Å². The third-order valence-electron chi connectivity index (χ3n) is 5.12. The van der Waals surface area contributed by atoms with Gasteiger partial charge in [0.25, 0.3) is 5.91 Å². The molecular formula is C27H21N5O. The van der Waals surface area contributed by atoms with Crippen LogP contribution in [-0.2, 0) is 0 Å². The summed E-state index contributed by atoms with van der Waals surface area (Å²) in [5.74, 6) is -0.236. The molecule has 0 atom stereocenters. The van der Waals surface area contributed by atoms with E-state index in [9.17, 15) is 4.79 Å². The standard InChI is InChI=1S/C27H21N5O/c33-27(30-23-15-13-22(14-16-23)29-21-9-3-1-4-10-21)25-19-32(24-11-5-2-6-12-24)31-26(25)20-8-7-17-28-18-20/h1-19,29H,(H,30,33). The third kappa shape index (κ3) is 4.65. The van der Waals surface area contributed by atoms with Crippen LogP contribution in [0.15, 0.2) is 116 Å². The van der Waals surface area contributed by atoms with Crippen molar-refractivity contribution in [3.05, 3.63) is 121 Å². The number of amides is 1. The lowest BCUT2D eigenvalue weighted by molar-refractivity contribution is 0.102. The van der Waals surface area contributed by atoms with Gasteiger partial charge in [-0.3, -0.25) is 9.78 Å². The molecule has 5 rings (SSSR count). The van der Waals surface area contributed by atoms with E-state index in [2.05, 4.69) is 20.7 Å². The third-order valence-corrected chi connectivity index (χ3v) is 5.12. The summed E-state index contributed by atoms with van der Waals surface area (Å²) in [7, 11) is 0. The van der Waals surface area contributed by atoms with Crippen molar-refractivity contribution in [2.24, 2.45) is 0 Å². The van der Waals surface area contributed by atoms with Gasteiger partial charge < -0.3 is 10.6 Å². The number of nitrogens with zero attached hydrogens (tertiary/aromatic N) is 3. The molecular weight excluding hydrogens is 410 g/mol. The maximum absolute atomic E-state index is 13.2. The minimum atomic E-state index is -0.236. The molecule has 0 aliphatic rings. The molecule has 6 nitrogen and oxygen atoms in total. The Morgan fingerprint density at radius 2 is 1.39 bits per heavy atom. The predicted molar refractivity (Wildman–Crippen MR) is 131 cm³/mol. The van der Waals surface area contributed by atoms with E-state index in [1.54, 1.807) is 23.3 Å². The quantitative estimate of drug-likeness (QED) is 0.350. The van der Waals surface area contributed by atoms with Crippen molar-refractivity contribution in [1.82, 2.24) is 14.8 Å².